The Labute approximate surface area is 99.6 Å². The fourth-order valence-corrected chi connectivity index (χ4v) is 1.21. The van der Waals surface area contributed by atoms with E-state index in [2.05, 4.69) is 0 Å². The summed E-state index contributed by atoms with van der Waals surface area (Å²) >= 11 is 0. The van der Waals surface area contributed by atoms with Gasteiger partial charge in [-0.1, -0.05) is 30.3 Å². The van der Waals surface area contributed by atoms with Crippen molar-refractivity contribution in [3.63, 3.8) is 0 Å². The molecular weight excluding hydrogens is 224 g/mol. The van der Waals surface area contributed by atoms with E-state index >= 15 is 0 Å². The molecule has 2 unspecified atom stereocenters. The first kappa shape index (κ1) is 13.6. The topological polar surface area (TPSA) is 76.0 Å². The van der Waals surface area contributed by atoms with Gasteiger partial charge in [-0.2, -0.15) is 0 Å². The Morgan fingerprint density at radius 2 is 1.88 bits per heavy atom. The van der Waals surface area contributed by atoms with Gasteiger partial charge in [0.1, 0.15) is 6.61 Å². The fourth-order valence-electron chi connectivity index (χ4n) is 1.21. The molecule has 0 aliphatic carbocycles. The third-order valence-electron chi connectivity index (χ3n) is 2.03. The Kier molecular flexibility index (Phi) is 5.62. The Bertz CT molecular complexity index is 336. The highest BCUT2D eigenvalue weighted by Crippen LogP contribution is 2.13. The van der Waals surface area contributed by atoms with Crippen LogP contribution in [0.1, 0.15) is 18.6 Å². The van der Waals surface area contributed by atoms with Crippen LogP contribution >= 0.6 is 0 Å². The number of carbonyl (C=O) groups excluding carboxylic acids is 1. The summed E-state index contributed by atoms with van der Waals surface area (Å²) in [7, 11) is 0. The first-order valence-electron chi connectivity index (χ1n) is 5.30. The molecule has 2 atom stereocenters. The van der Waals surface area contributed by atoms with Gasteiger partial charge in [-0.25, -0.2) is 4.79 Å². The lowest BCUT2D eigenvalue weighted by Crippen LogP contribution is -2.19. The molecule has 5 nitrogen and oxygen atoms in total. The van der Waals surface area contributed by atoms with Gasteiger partial charge < -0.3 is 19.7 Å². The first-order valence-corrected chi connectivity index (χ1v) is 5.30. The standard InChI is InChI=1S/C12H16O5/c1-9(13)16-7-8-17-12(15)11(14)10-5-3-2-4-6-10/h2-6,9,11,13-14H,7-8H2,1H3. The second-order valence-electron chi connectivity index (χ2n) is 3.45. The van der Waals surface area contributed by atoms with Crippen molar-refractivity contribution in [3.05, 3.63) is 35.9 Å². The van der Waals surface area contributed by atoms with Crippen molar-refractivity contribution in [1.82, 2.24) is 0 Å². The van der Waals surface area contributed by atoms with Gasteiger partial charge in [0.15, 0.2) is 12.4 Å². The van der Waals surface area contributed by atoms with Crippen LogP contribution in [0, 0.1) is 0 Å². The number of aliphatic hydroxyl groups excluding tert-OH is 2. The summed E-state index contributed by atoms with van der Waals surface area (Å²) in [5, 5.41) is 18.4. The SMILES string of the molecule is CC(O)OCCOC(=O)C(O)c1ccccc1. The molecule has 17 heavy (non-hydrogen) atoms. The van der Waals surface area contributed by atoms with E-state index in [-0.39, 0.29) is 13.2 Å². The smallest absolute Gasteiger partial charge is 0.339 e. The summed E-state index contributed by atoms with van der Waals surface area (Å²) in [5.74, 6) is -0.731. The summed E-state index contributed by atoms with van der Waals surface area (Å²) in [6.07, 6.45) is -2.18. The number of benzene rings is 1. The number of hydrogen-bond donors (Lipinski definition) is 2. The maximum atomic E-state index is 11.4. The second-order valence-corrected chi connectivity index (χ2v) is 3.45. The summed E-state index contributed by atoms with van der Waals surface area (Å²) in [6, 6.07) is 8.51. The minimum absolute atomic E-state index is 0.00632. The summed E-state index contributed by atoms with van der Waals surface area (Å²) in [6.45, 7) is 1.54. The maximum absolute atomic E-state index is 11.4. The third-order valence-corrected chi connectivity index (χ3v) is 2.03. The number of ether oxygens (including phenoxy) is 2. The van der Waals surface area contributed by atoms with Crippen LogP contribution in [0.3, 0.4) is 0 Å². The zero-order valence-electron chi connectivity index (χ0n) is 9.57. The highest BCUT2D eigenvalue weighted by atomic mass is 16.6. The van der Waals surface area contributed by atoms with E-state index < -0.39 is 18.4 Å². The number of hydrogen-bond acceptors (Lipinski definition) is 5. The molecule has 94 valence electrons. The second kappa shape index (κ2) is 7.01. The van der Waals surface area contributed by atoms with E-state index in [1.807, 2.05) is 0 Å². The van der Waals surface area contributed by atoms with Crippen LogP contribution in [-0.4, -0.2) is 35.7 Å². The van der Waals surface area contributed by atoms with Crippen molar-refractivity contribution in [2.24, 2.45) is 0 Å². The first-order chi connectivity index (χ1) is 8.11. The Morgan fingerprint density at radius 3 is 2.47 bits per heavy atom. The van der Waals surface area contributed by atoms with Gasteiger partial charge in [-0.3, -0.25) is 0 Å². The molecule has 0 saturated heterocycles. The van der Waals surface area contributed by atoms with Gasteiger partial charge in [0.2, 0.25) is 0 Å². The van der Waals surface area contributed by atoms with Gasteiger partial charge in [-0.05, 0) is 12.5 Å². The molecule has 0 aromatic heterocycles. The molecule has 0 saturated carbocycles. The van der Waals surface area contributed by atoms with Crippen LogP contribution in [0.15, 0.2) is 30.3 Å². The van der Waals surface area contributed by atoms with Gasteiger partial charge in [0, 0.05) is 0 Å². The van der Waals surface area contributed by atoms with Crippen LogP contribution in [0.25, 0.3) is 0 Å². The minimum Gasteiger partial charge on any atom is -0.461 e. The average molecular weight is 240 g/mol. The predicted octanol–water partition coefficient (Wildman–Crippen LogP) is 0.618. The summed E-state index contributed by atoms with van der Waals surface area (Å²) < 4.78 is 9.56. The Balaban J connectivity index is 2.33. The van der Waals surface area contributed by atoms with Crippen LogP contribution < -0.4 is 0 Å². The lowest BCUT2D eigenvalue weighted by atomic mass is 10.1. The van der Waals surface area contributed by atoms with E-state index in [9.17, 15) is 9.90 Å². The number of aliphatic hydroxyl groups is 2. The van der Waals surface area contributed by atoms with Gasteiger partial charge >= 0.3 is 5.97 Å². The highest BCUT2D eigenvalue weighted by Gasteiger charge is 2.18. The Hall–Kier alpha value is -1.43. The van der Waals surface area contributed by atoms with Crippen LogP contribution in [0.4, 0.5) is 0 Å². The van der Waals surface area contributed by atoms with Gasteiger partial charge in [0.05, 0.1) is 6.61 Å². The molecule has 0 fully saturated rings. The summed E-state index contributed by atoms with van der Waals surface area (Å²) in [5.41, 5.74) is 0.481. The zero-order chi connectivity index (χ0) is 12.7. The molecule has 1 aromatic carbocycles. The molecule has 0 spiro atoms. The fraction of sp³-hybridized carbons (Fsp3) is 0.417. The molecule has 0 aliphatic heterocycles. The van der Waals surface area contributed by atoms with Gasteiger partial charge in [0.25, 0.3) is 0 Å². The zero-order valence-corrected chi connectivity index (χ0v) is 9.57. The van der Waals surface area contributed by atoms with Gasteiger partial charge in [-0.15, -0.1) is 0 Å². The van der Waals surface area contributed by atoms with Crippen LogP contribution in [0.2, 0.25) is 0 Å². The molecule has 1 rings (SSSR count). The number of carbonyl (C=O) groups is 1. The van der Waals surface area contributed by atoms with Crippen molar-refractivity contribution >= 4 is 5.97 Å². The Morgan fingerprint density at radius 1 is 1.24 bits per heavy atom. The lowest BCUT2D eigenvalue weighted by molar-refractivity contribution is -0.159. The molecule has 0 amide bonds. The monoisotopic (exact) mass is 240 g/mol. The van der Waals surface area contributed by atoms with Crippen molar-refractivity contribution in [2.75, 3.05) is 13.2 Å². The average Bonchev–Trinajstić information content (AvgIpc) is 2.34. The molecule has 0 radical (unpaired) electrons. The number of esters is 1. The molecular formula is C12H16O5. The van der Waals surface area contributed by atoms with Crippen molar-refractivity contribution < 1.29 is 24.5 Å². The van der Waals surface area contributed by atoms with Crippen molar-refractivity contribution in [2.45, 2.75) is 19.3 Å². The van der Waals surface area contributed by atoms with Crippen LogP contribution in [-0.2, 0) is 14.3 Å². The molecule has 2 N–H and O–H groups in total. The maximum Gasteiger partial charge on any atom is 0.339 e. The lowest BCUT2D eigenvalue weighted by Gasteiger charge is -2.11. The molecule has 1 aromatic rings. The normalized spacial score (nSPS) is 14.1. The van der Waals surface area contributed by atoms with E-state index in [1.54, 1.807) is 30.3 Å². The summed E-state index contributed by atoms with van der Waals surface area (Å²) in [4.78, 5) is 11.4. The third kappa shape index (κ3) is 4.95. The quantitative estimate of drug-likeness (QED) is 0.433. The van der Waals surface area contributed by atoms with E-state index in [1.165, 1.54) is 6.92 Å². The predicted molar refractivity (Wildman–Crippen MR) is 60.0 cm³/mol. The molecule has 0 bridgehead atoms. The molecule has 0 heterocycles. The van der Waals surface area contributed by atoms with E-state index in [0.717, 1.165) is 0 Å². The largest absolute Gasteiger partial charge is 0.461 e. The van der Waals surface area contributed by atoms with Crippen molar-refractivity contribution in [3.8, 4) is 0 Å². The number of rotatable bonds is 6. The van der Waals surface area contributed by atoms with E-state index in [0.29, 0.717) is 5.56 Å². The molecule has 5 heteroatoms. The van der Waals surface area contributed by atoms with Crippen LogP contribution in [0.5, 0.6) is 0 Å². The van der Waals surface area contributed by atoms with Crippen molar-refractivity contribution in [1.29, 1.82) is 0 Å². The van der Waals surface area contributed by atoms with E-state index in [4.69, 9.17) is 14.6 Å². The highest BCUT2D eigenvalue weighted by molar-refractivity contribution is 5.76. The molecule has 0 aliphatic rings. The minimum atomic E-state index is -1.29.